The van der Waals surface area contributed by atoms with E-state index in [1.54, 1.807) is 24.3 Å². The minimum Gasteiger partial charge on any atom is -0.465 e. The highest BCUT2D eigenvalue weighted by atomic mass is 79.9. The third-order valence-corrected chi connectivity index (χ3v) is 3.11. The van der Waals surface area contributed by atoms with E-state index in [9.17, 15) is 4.79 Å². The first-order valence-corrected chi connectivity index (χ1v) is 5.66. The van der Waals surface area contributed by atoms with E-state index in [2.05, 4.69) is 26.7 Å². The monoisotopic (exact) mass is 289 g/mol. The normalized spacial score (nSPS) is 9.94. The van der Waals surface area contributed by atoms with Crippen LogP contribution in [0.1, 0.15) is 15.9 Å². The number of nitriles is 1. The molecule has 0 saturated carbocycles. The molecule has 0 amide bonds. The predicted octanol–water partition coefficient (Wildman–Crippen LogP) is 3.26. The van der Waals surface area contributed by atoms with E-state index in [-0.39, 0.29) is 5.97 Å². The lowest BCUT2D eigenvalue weighted by Gasteiger charge is -2.05. The van der Waals surface area contributed by atoms with Gasteiger partial charge in [0.2, 0.25) is 0 Å². The average molecular weight is 290 g/mol. The summed E-state index contributed by atoms with van der Waals surface area (Å²) in [6, 6.07) is 10.8. The molecule has 0 heterocycles. The molecular weight excluding hydrogens is 282 g/mol. The first-order valence-electron chi connectivity index (χ1n) is 4.87. The van der Waals surface area contributed by atoms with Gasteiger partial charge >= 0.3 is 5.97 Å². The molecule has 0 aliphatic rings. The van der Waals surface area contributed by atoms with Crippen molar-refractivity contribution in [3.05, 3.63) is 45.9 Å². The fourth-order valence-corrected chi connectivity index (χ4v) is 2.21. The molecule has 0 aromatic heterocycles. The van der Waals surface area contributed by atoms with E-state index in [1.807, 2.05) is 6.07 Å². The number of methoxy groups -OCH3 is 1. The number of hydrogen-bond acceptors (Lipinski definition) is 3. The Morgan fingerprint density at radius 1 is 1.35 bits per heavy atom. The summed E-state index contributed by atoms with van der Waals surface area (Å²) >= 11 is 3.39. The third kappa shape index (κ3) is 2.15. The maximum absolute atomic E-state index is 11.4. The van der Waals surface area contributed by atoms with Gasteiger partial charge in [-0.15, -0.1) is 0 Å². The standard InChI is InChI=1S/C13H8BrNO2/c1-17-13(16)10-5-9-3-2-8(7-15)4-11(9)12(14)6-10/h2-6H,1H3. The molecule has 0 atom stereocenters. The van der Waals surface area contributed by atoms with Crippen LogP contribution >= 0.6 is 15.9 Å². The van der Waals surface area contributed by atoms with Crippen molar-refractivity contribution in [2.75, 3.05) is 7.11 Å². The van der Waals surface area contributed by atoms with Gasteiger partial charge in [-0.2, -0.15) is 5.26 Å². The van der Waals surface area contributed by atoms with Gasteiger partial charge in [0, 0.05) is 4.47 Å². The molecule has 0 saturated heterocycles. The molecule has 0 fully saturated rings. The zero-order valence-corrected chi connectivity index (χ0v) is 10.6. The van der Waals surface area contributed by atoms with Crippen molar-refractivity contribution in [1.29, 1.82) is 5.26 Å². The van der Waals surface area contributed by atoms with Crippen LogP contribution < -0.4 is 0 Å². The van der Waals surface area contributed by atoms with Crippen molar-refractivity contribution < 1.29 is 9.53 Å². The predicted molar refractivity (Wildman–Crippen MR) is 67.7 cm³/mol. The maximum Gasteiger partial charge on any atom is 0.337 e. The molecule has 0 unspecified atom stereocenters. The zero-order valence-electron chi connectivity index (χ0n) is 9.03. The number of nitrogens with zero attached hydrogens (tertiary/aromatic N) is 1. The third-order valence-electron chi connectivity index (χ3n) is 2.45. The Bertz CT molecular complexity index is 644. The molecule has 4 heteroatoms. The molecule has 0 spiro atoms. The number of fused-ring (bicyclic) bond motifs is 1. The van der Waals surface area contributed by atoms with Crippen molar-refractivity contribution in [2.24, 2.45) is 0 Å². The number of esters is 1. The SMILES string of the molecule is COC(=O)c1cc(Br)c2cc(C#N)ccc2c1. The second-order valence-electron chi connectivity index (χ2n) is 3.50. The van der Waals surface area contributed by atoms with Crippen LogP contribution in [0.25, 0.3) is 10.8 Å². The molecule has 2 aromatic rings. The number of carbonyl (C=O) groups excluding carboxylic acids is 1. The smallest absolute Gasteiger partial charge is 0.337 e. The van der Waals surface area contributed by atoms with Gasteiger partial charge in [-0.1, -0.05) is 22.0 Å². The van der Waals surface area contributed by atoms with E-state index in [1.165, 1.54) is 7.11 Å². The van der Waals surface area contributed by atoms with Gasteiger partial charge in [0.25, 0.3) is 0 Å². The van der Waals surface area contributed by atoms with Crippen molar-refractivity contribution in [1.82, 2.24) is 0 Å². The topological polar surface area (TPSA) is 50.1 Å². The Morgan fingerprint density at radius 3 is 2.76 bits per heavy atom. The van der Waals surface area contributed by atoms with E-state index < -0.39 is 0 Å². The summed E-state index contributed by atoms with van der Waals surface area (Å²) in [5, 5.41) is 10.6. The summed E-state index contributed by atoms with van der Waals surface area (Å²) in [6.45, 7) is 0. The summed E-state index contributed by atoms with van der Waals surface area (Å²) in [7, 11) is 1.35. The van der Waals surface area contributed by atoms with Crippen LogP contribution in [0.4, 0.5) is 0 Å². The Kier molecular flexibility index (Phi) is 3.12. The summed E-state index contributed by atoms with van der Waals surface area (Å²) in [6.07, 6.45) is 0. The van der Waals surface area contributed by atoms with Crippen LogP contribution in [0, 0.1) is 11.3 Å². The molecule has 17 heavy (non-hydrogen) atoms. The quantitative estimate of drug-likeness (QED) is 0.757. The molecule has 2 rings (SSSR count). The first kappa shape index (κ1) is 11.6. The van der Waals surface area contributed by atoms with Crippen molar-refractivity contribution >= 4 is 32.7 Å². The number of halogens is 1. The van der Waals surface area contributed by atoms with Gasteiger partial charge in [-0.25, -0.2) is 4.79 Å². The van der Waals surface area contributed by atoms with Crippen molar-refractivity contribution in [2.45, 2.75) is 0 Å². The van der Waals surface area contributed by atoms with Gasteiger partial charge in [-0.3, -0.25) is 0 Å². The van der Waals surface area contributed by atoms with E-state index in [0.29, 0.717) is 11.1 Å². The van der Waals surface area contributed by atoms with Crippen LogP contribution in [0.5, 0.6) is 0 Å². The average Bonchev–Trinajstić information content (AvgIpc) is 2.37. The minimum absolute atomic E-state index is 0.378. The number of ether oxygens (including phenoxy) is 1. The Hall–Kier alpha value is -1.86. The highest BCUT2D eigenvalue weighted by Gasteiger charge is 2.09. The van der Waals surface area contributed by atoms with Gasteiger partial charge in [0.1, 0.15) is 0 Å². The largest absolute Gasteiger partial charge is 0.465 e. The van der Waals surface area contributed by atoms with Crippen LogP contribution in [0.3, 0.4) is 0 Å². The highest BCUT2D eigenvalue weighted by Crippen LogP contribution is 2.27. The molecule has 3 nitrogen and oxygen atoms in total. The second-order valence-corrected chi connectivity index (χ2v) is 4.35. The van der Waals surface area contributed by atoms with Gasteiger partial charge in [0.15, 0.2) is 0 Å². The van der Waals surface area contributed by atoms with Crippen LogP contribution in [-0.4, -0.2) is 13.1 Å². The van der Waals surface area contributed by atoms with Gasteiger partial charge in [0.05, 0.1) is 24.3 Å². The van der Waals surface area contributed by atoms with Crippen LogP contribution in [0.15, 0.2) is 34.8 Å². The Labute approximate surface area is 107 Å². The Morgan fingerprint density at radius 2 is 2.12 bits per heavy atom. The fraction of sp³-hybridized carbons (Fsp3) is 0.0769. The molecule has 2 aromatic carbocycles. The van der Waals surface area contributed by atoms with Crippen LogP contribution in [-0.2, 0) is 4.74 Å². The number of carbonyl (C=O) groups is 1. The maximum atomic E-state index is 11.4. The fourth-order valence-electron chi connectivity index (χ4n) is 1.62. The lowest BCUT2D eigenvalue weighted by molar-refractivity contribution is 0.0601. The van der Waals surface area contributed by atoms with Crippen LogP contribution in [0.2, 0.25) is 0 Å². The second kappa shape index (κ2) is 4.56. The number of rotatable bonds is 1. The first-order chi connectivity index (χ1) is 8.15. The summed E-state index contributed by atoms with van der Waals surface area (Å²) in [5.74, 6) is -0.378. The van der Waals surface area contributed by atoms with E-state index in [4.69, 9.17) is 5.26 Å². The molecular formula is C13H8BrNO2. The highest BCUT2D eigenvalue weighted by molar-refractivity contribution is 9.10. The summed E-state index contributed by atoms with van der Waals surface area (Å²) in [5.41, 5.74) is 1.07. The van der Waals surface area contributed by atoms with Gasteiger partial charge < -0.3 is 4.74 Å². The Balaban J connectivity index is 2.68. The summed E-state index contributed by atoms with van der Waals surface area (Å²) < 4.78 is 5.44. The summed E-state index contributed by atoms with van der Waals surface area (Å²) in [4.78, 5) is 11.4. The lowest BCUT2D eigenvalue weighted by Crippen LogP contribution is -2.01. The number of benzene rings is 2. The van der Waals surface area contributed by atoms with E-state index >= 15 is 0 Å². The van der Waals surface area contributed by atoms with E-state index in [0.717, 1.165) is 15.2 Å². The molecule has 0 aliphatic carbocycles. The van der Waals surface area contributed by atoms with Crippen molar-refractivity contribution in [3.63, 3.8) is 0 Å². The number of hydrogen-bond donors (Lipinski definition) is 0. The van der Waals surface area contributed by atoms with Gasteiger partial charge in [-0.05, 0) is 35.0 Å². The lowest BCUT2D eigenvalue weighted by atomic mass is 10.0. The molecule has 0 aliphatic heterocycles. The molecule has 84 valence electrons. The van der Waals surface area contributed by atoms with Crippen molar-refractivity contribution in [3.8, 4) is 6.07 Å². The minimum atomic E-state index is -0.378. The molecule has 0 N–H and O–H groups in total. The molecule has 0 radical (unpaired) electrons. The molecule has 0 bridgehead atoms. The zero-order chi connectivity index (χ0) is 12.4.